The number of hydrogen-bond donors (Lipinski definition) is 0. The van der Waals surface area contributed by atoms with Crippen LogP contribution < -0.4 is 5.56 Å². The Hall–Kier alpha value is -1.12. The average molecular weight is 291 g/mol. The van der Waals surface area contributed by atoms with Crippen LogP contribution in [-0.2, 0) is 0 Å². The standard InChI is InChI=1S/C12H7ClN2OS.Al.2H/c13-8-3-1-7(2-4-8)10-5-9-11(17-10)12(16)15-6-14-9;;;/h1-6H,(H,14,15,16);;;/q;+1;;/p-1. The number of halogens is 1. The molecule has 0 unspecified atom stereocenters. The van der Waals surface area contributed by atoms with E-state index in [0.29, 0.717) is 21.5 Å². The Bertz CT molecular complexity index is 779. The van der Waals surface area contributed by atoms with E-state index in [1.807, 2.05) is 30.3 Å². The lowest BCUT2D eigenvalue weighted by molar-refractivity contribution is 1.09. The molecule has 1 aromatic carbocycles. The van der Waals surface area contributed by atoms with Crippen LogP contribution in [0.15, 0.2) is 41.5 Å². The second-order valence-electron chi connectivity index (χ2n) is 3.99. The molecule has 0 atom stereocenters. The Kier molecular flexibility index (Phi) is 3.00. The lowest BCUT2D eigenvalue weighted by Crippen LogP contribution is -2.17. The first-order valence-corrected chi connectivity index (χ1v) is 7.45. The van der Waals surface area contributed by atoms with Gasteiger partial charge in [-0.05, 0) is 23.8 Å². The fraction of sp³-hybridized carbons (Fsp3) is 0. The van der Waals surface area contributed by atoms with Gasteiger partial charge in [-0.25, -0.2) is 4.98 Å². The van der Waals surface area contributed by atoms with Crippen LogP contribution in [0.25, 0.3) is 20.7 Å². The monoisotopic (exact) mass is 290 g/mol. The molecular formula is C12H8AlClN2OS. The molecule has 3 rings (SSSR count). The van der Waals surface area contributed by atoms with Crippen LogP contribution in [0, 0.1) is 0 Å². The van der Waals surface area contributed by atoms with E-state index in [2.05, 4.69) is 4.98 Å². The Morgan fingerprint density at radius 3 is 2.72 bits per heavy atom. The van der Waals surface area contributed by atoms with Crippen LogP contribution >= 0.6 is 22.9 Å². The molecule has 0 spiro atoms. The maximum atomic E-state index is 12.0. The van der Waals surface area contributed by atoms with Gasteiger partial charge in [0.15, 0.2) is 0 Å². The molecule has 0 fully saturated rings. The minimum Gasteiger partial charge on any atom is -0.400 e. The molecule has 2 aromatic heterocycles. The van der Waals surface area contributed by atoms with Gasteiger partial charge in [-0.2, -0.15) is 0 Å². The van der Waals surface area contributed by atoms with E-state index < -0.39 is 0 Å². The van der Waals surface area contributed by atoms with E-state index in [4.69, 9.17) is 11.6 Å². The highest BCUT2D eigenvalue weighted by molar-refractivity contribution is 7.22. The van der Waals surface area contributed by atoms with Crippen molar-refractivity contribution in [3.8, 4) is 10.4 Å². The molecular weight excluding hydrogens is 283 g/mol. The van der Waals surface area contributed by atoms with E-state index in [1.165, 1.54) is 11.3 Å². The lowest BCUT2D eigenvalue weighted by Gasteiger charge is -1.95. The van der Waals surface area contributed by atoms with Gasteiger partial charge in [0, 0.05) is 9.90 Å². The molecule has 0 aliphatic rings. The number of hydrogen-bond acceptors (Lipinski definition) is 3. The third-order valence-electron chi connectivity index (χ3n) is 2.73. The maximum Gasteiger partial charge on any atom is 0.377 e. The summed E-state index contributed by atoms with van der Waals surface area (Å²) in [5, 5.41) is 0.708. The molecule has 88 valence electrons. The van der Waals surface area contributed by atoms with Crippen LogP contribution in [0.5, 0.6) is 0 Å². The number of aromatic nitrogens is 2. The minimum absolute atomic E-state index is 0.0527. The predicted molar refractivity (Wildman–Crippen MR) is 78.3 cm³/mol. The fourth-order valence-corrected chi connectivity index (χ4v) is 3.47. The molecule has 0 radical (unpaired) electrons. The first-order valence-electron chi connectivity index (χ1n) is 5.36. The summed E-state index contributed by atoms with van der Waals surface area (Å²) in [6.07, 6.45) is 1.61. The fourth-order valence-electron chi connectivity index (χ4n) is 1.75. The SMILES string of the molecule is O=c1c2sc(-c3ccc(Cl)cc3)cc2nc[n]1[AlH2]. The van der Waals surface area contributed by atoms with Gasteiger partial charge in [0.2, 0.25) is 5.56 Å². The van der Waals surface area contributed by atoms with E-state index >= 15 is 0 Å². The summed E-state index contributed by atoms with van der Waals surface area (Å²) >= 11 is 8.00. The zero-order chi connectivity index (χ0) is 12.7. The molecule has 0 saturated carbocycles. The zero-order valence-corrected chi connectivity index (χ0v) is 13.1. The summed E-state index contributed by atoms with van der Waals surface area (Å²) in [5.74, 6) is 0. The number of nitrogens with zero attached hydrogens (tertiary/aromatic N) is 2. The van der Waals surface area contributed by atoms with Crippen molar-refractivity contribution in [3.63, 3.8) is 0 Å². The molecule has 0 aliphatic heterocycles. The molecule has 0 bridgehead atoms. The molecule has 3 aromatic rings. The van der Waals surface area contributed by atoms with Crippen molar-refractivity contribution < 1.29 is 0 Å². The average Bonchev–Trinajstić information content (AvgIpc) is 2.80. The smallest absolute Gasteiger partial charge is 0.377 e. The topological polar surface area (TPSA) is 34.9 Å². The van der Waals surface area contributed by atoms with Gasteiger partial charge in [-0.15, -0.1) is 11.3 Å². The van der Waals surface area contributed by atoms with Gasteiger partial charge in [0.25, 0.3) is 0 Å². The van der Waals surface area contributed by atoms with E-state index in [0.717, 1.165) is 20.7 Å². The third-order valence-corrected chi connectivity index (χ3v) is 4.78. The Balaban J connectivity index is 2.22. The van der Waals surface area contributed by atoms with E-state index in [9.17, 15) is 4.79 Å². The number of fused-ring (bicyclic) bond motifs is 1. The molecule has 0 N–H and O–H groups in total. The van der Waals surface area contributed by atoms with Crippen molar-refractivity contribution in [2.75, 3.05) is 0 Å². The van der Waals surface area contributed by atoms with Crippen molar-refractivity contribution in [1.29, 1.82) is 0 Å². The number of benzene rings is 1. The predicted octanol–water partition coefficient (Wildman–Crippen LogP) is 2.17. The molecule has 0 amide bonds. The van der Waals surface area contributed by atoms with Crippen LogP contribution in [0.4, 0.5) is 0 Å². The summed E-state index contributed by atoms with van der Waals surface area (Å²) in [7, 11) is 0. The van der Waals surface area contributed by atoms with Gasteiger partial charge < -0.3 is 3.55 Å². The minimum atomic E-state index is 0.0527. The lowest BCUT2D eigenvalue weighted by atomic mass is 10.2. The van der Waals surface area contributed by atoms with Gasteiger partial charge >= 0.3 is 16.5 Å². The van der Waals surface area contributed by atoms with Crippen molar-refractivity contribution in [2.24, 2.45) is 0 Å². The zero-order valence-electron chi connectivity index (χ0n) is 9.55. The Morgan fingerprint density at radius 1 is 1.28 bits per heavy atom. The quantitative estimate of drug-likeness (QED) is 0.644. The second kappa shape index (κ2) is 4.52. The second-order valence-corrected chi connectivity index (χ2v) is 6.44. The first kappa shape index (κ1) is 11.9. The van der Waals surface area contributed by atoms with Crippen LogP contribution in [0.3, 0.4) is 0 Å². The summed E-state index contributed by atoms with van der Waals surface area (Å²) in [4.78, 5) is 17.3. The highest BCUT2D eigenvalue weighted by Gasteiger charge is 2.08. The number of thiophene rings is 1. The van der Waals surface area contributed by atoms with Crippen molar-refractivity contribution in [2.45, 2.75) is 0 Å². The van der Waals surface area contributed by atoms with Gasteiger partial charge in [0.05, 0.1) is 11.8 Å². The Morgan fingerprint density at radius 2 is 2.00 bits per heavy atom. The maximum absolute atomic E-state index is 12.0. The van der Waals surface area contributed by atoms with Crippen molar-refractivity contribution in [3.05, 3.63) is 52.0 Å². The molecule has 6 heteroatoms. The van der Waals surface area contributed by atoms with E-state index in [-0.39, 0.29) is 5.56 Å². The largest absolute Gasteiger partial charge is 0.400 e. The molecule has 0 saturated heterocycles. The highest BCUT2D eigenvalue weighted by atomic mass is 35.5. The Labute approximate surface area is 120 Å². The van der Waals surface area contributed by atoms with Gasteiger partial charge in [-0.1, -0.05) is 23.7 Å². The van der Waals surface area contributed by atoms with Crippen LogP contribution in [0.1, 0.15) is 0 Å². The normalized spacial score (nSPS) is 10.9. The molecule has 3 nitrogen and oxygen atoms in total. The van der Waals surface area contributed by atoms with Crippen LogP contribution in [-0.4, -0.2) is 25.0 Å². The van der Waals surface area contributed by atoms with Gasteiger partial charge in [-0.3, -0.25) is 4.79 Å². The summed E-state index contributed by atoms with van der Waals surface area (Å²) in [6, 6.07) is 9.55. The molecule has 18 heavy (non-hydrogen) atoms. The van der Waals surface area contributed by atoms with Crippen LogP contribution in [0.2, 0.25) is 5.02 Å². The van der Waals surface area contributed by atoms with Crippen molar-refractivity contribution >= 4 is 49.7 Å². The summed E-state index contributed by atoms with van der Waals surface area (Å²) in [6.45, 7) is 0. The molecule has 2 heterocycles. The number of rotatable bonds is 1. The molecule has 0 aliphatic carbocycles. The highest BCUT2D eigenvalue weighted by Crippen LogP contribution is 2.31. The first-order chi connectivity index (χ1) is 8.65. The third kappa shape index (κ3) is 2.00. The summed E-state index contributed by atoms with van der Waals surface area (Å²) in [5.41, 5.74) is 1.88. The summed E-state index contributed by atoms with van der Waals surface area (Å²) < 4.78 is 2.35. The van der Waals surface area contributed by atoms with Crippen molar-refractivity contribution in [1.82, 2.24) is 8.53 Å². The van der Waals surface area contributed by atoms with Gasteiger partial charge in [0.1, 0.15) is 4.70 Å². The van der Waals surface area contributed by atoms with E-state index in [1.54, 1.807) is 9.88 Å².